The van der Waals surface area contributed by atoms with Gasteiger partial charge >= 0.3 is 5.97 Å². The van der Waals surface area contributed by atoms with Gasteiger partial charge in [0.1, 0.15) is 12.1 Å². The molecule has 104 valence electrons. The highest BCUT2D eigenvalue weighted by molar-refractivity contribution is 5.87. The molecule has 1 amide bonds. The summed E-state index contributed by atoms with van der Waals surface area (Å²) in [6.07, 6.45) is 3.35. The molecule has 1 rings (SSSR count). The van der Waals surface area contributed by atoms with Crippen molar-refractivity contribution >= 4 is 11.9 Å². The van der Waals surface area contributed by atoms with E-state index < -0.39 is 11.4 Å². The zero-order valence-electron chi connectivity index (χ0n) is 11.3. The van der Waals surface area contributed by atoms with E-state index in [-0.39, 0.29) is 23.6 Å². The molecule has 0 unspecified atom stereocenters. The molecule has 0 aliphatic heterocycles. The number of aromatic carboxylic acids is 1. The van der Waals surface area contributed by atoms with Gasteiger partial charge in [0.25, 0.3) is 0 Å². The van der Waals surface area contributed by atoms with Gasteiger partial charge in [-0.05, 0) is 20.3 Å². The smallest absolute Gasteiger partial charge is 0.341 e. The van der Waals surface area contributed by atoms with Gasteiger partial charge in [-0.2, -0.15) is 0 Å². The summed E-state index contributed by atoms with van der Waals surface area (Å²) in [4.78, 5) is 33.9. The first-order valence-corrected chi connectivity index (χ1v) is 5.99. The quantitative estimate of drug-likeness (QED) is 0.827. The van der Waals surface area contributed by atoms with Crippen molar-refractivity contribution in [3.05, 3.63) is 34.2 Å². The lowest BCUT2D eigenvalue weighted by atomic mass is 10.0. The second kappa shape index (κ2) is 5.69. The minimum absolute atomic E-state index is 0.0238. The van der Waals surface area contributed by atoms with E-state index in [4.69, 9.17) is 5.11 Å². The minimum atomic E-state index is -1.30. The summed E-state index contributed by atoms with van der Waals surface area (Å²) in [6, 6.07) is 1.14. The van der Waals surface area contributed by atoms with E-state index in [2.05, 4.69) is 5.32 Å². The fraction of sp³-hybridized carbons (Fsp3) is 0.462. The van der Waals surface area contributed by atoms with Gasteiger partial charge in [0.15, 0.2) is 5.43 Å². The second-order valence-electron chi connectivity index (χ2n) is 4.99. The molecule has 6 nitrogen and oxygen atoms in total. The Morgan fingerprint density at radius 1 is 1.42 bits per heavy atom. The highest BCUT2D eigenvalue weighted by Gasteiger charge is 2.18. The van der Waals surface area contributed by atoms with Crippen molar-refractivity contribution in [2.24, 2.45) is 0 Å². The van der Waals surface area contributed by atoms with Crippen LogP contribution < -0.4 is 10.7 Å². The van der Waals surface area contributed by atoms with Gasteiger partial charge in [0.05, 0.1) is 0 Å². The van der Waals surface area contributed by atoms with E-state index in [1.165, 1.54) is 17.0 Å². The Kier molecular flexibility index (Phi) is 4.47. The SMILES string of the molecule is CCC(C)(C)NC(=O)Cn1ccc(=O)c(C(=O)O)c1. The van der Waals surface area contributed by atoms with Crippen LogP contribution in [0.2, 0.25) is 0 Å². The molecule has 0 atom stereocenters. The van der Waals surface area contributed by atoms with E-state index in [0.29, 0.717) is 0 Å². The Morgan fingerprint density at radius 2 is 2.05 bits per heavy atom. The summed E-state index contributed by atoms with van der Waals surface area (Å²) in [6.45, 7) is 5.74. The molecule has 6 heteroatoms. The van der Waals surface area contributed by atoms with E-state index in [0.717, 1.165) is 12.5 Å². The Balaban J connectivity index is 2.84. The van der Waals surface area contributed by atoms with Gasteiger partial charge in [-0.1, -0.05) is 6.92 Å². The lowest BCUT2D eigenvalue weighted by molar-refractivity contribution is -0.123. The summed E-state index contributed by atoms with van der Waals surface area (Å²) in [5.74, 6) is -1.53. The van der Waals surface area contributed by atoms with Crippen LogP contribution in [0.5, 0.6) is 0 Å². The van der Waals surface area contributed by atoms with Crippen molar-refractivity contribution in [1.29, 1.82) is 0 Å². The van der Waals surface area contributed by atoms with Crippen molar-refractivity contribution in [3.8, 4) is 0 Å². The number of carboxylic acids is 1. The third-order valence-electron chi connectivity index (χ3n) is 2.90. The zero-order chi connectivity index (χ0) is 14.6. The highest BCUT2D eigenvalue weighted by atomic mass is 16.4. The average molecular weight is 266 g/mol. The molecule has 0 radical (unpaired) electrons. The topological polar surface area (TPSA) is 88.4 Å². The molecule has 0 bridgehead atoms. The van der Waals surface area contributed by atoms with Gasteiger partial charge in [-0.15, -0.1) is 0 Å². The summed E-state index contributed by atoms with van der Waals surface area (Å²) < 4.78 is 1.38. The molecule has 0 fully saturated rings. The first-order chi connectivity index (χ1) is 8.75. The summed E-state index contributed by atoms with van der Waals surface area (Å²) in [5, 5.41) is 11.7. The number of carboxylic acid groups (broad SMARTS) is 1. The van der Waals surface area contributed by atoms with Crippen molar-refractivity contribution < 1.29 is 14.7 Å². The number of nitrogens with one attached hydrogen (secondary N) is 1. The second-order valence-corrected chi connectivity index (χ2v) is 4.99. The maximum absolute atomic E-state index is 11.8. The van der Waals surface area contributed by atoms with Crippen LogP contribution in [0.15, 0.2) is 23.3 Å². The number of carbonyl (C=O) groups is 2. The molecule has 0 aliphatic carbocycles. The van der Waals surface area contributed by atoms with Crippen LogP contribution in [0.4, 0.5) is 0 Å². The molecular weight excluding hydrogens is 248 g/mol. The average Bonchev–Trinajstić information content (AvgIpc) is 2.30. The van der Waals surface area contributed by atoms with Crippen LogP contribution in [0.3, 0.4) is 0 Å². The lowest BCUT2D eigenvalue weighted by Gasteiger charge is -2.24. The molecular formula is C13H18N2O4. The van der Waals surface area contributed by atoms with Crippen molar-refractivity contribution in [1.82, 2.24) is 9.88 Å². The van der Waals surface area contributed by atoms with Gasteiger partial charge < -0.3 is 15.0 Å². The highest BCUT2D eigenvalue weighted by Crippen LogP contribution is 2.06. The molecule has 0 saturated heterocycles. The summed E-state index contributed by atoms with van der Waals surface area (Å²) in [5.41, 5.74) is -1.23. The van der Waals surface area contributed by atoms with Gasteiger partial charge in [0, 0.05) is 24.0 Å². The van der Waals surface area contributed by atoms with Gasteiger partial charge in [0.2, 0.25) is 5.91 Å². The molecule has 2 N–H and O–H groups in total. The Hall–Kier alpha value is -2.11. The van der Waals surface area contributed by atoms with Crippen LogP contribution in [0, 0.1) is 0 Å². The van der Waals surface area contributed by atoms with Crippen LogP contribution in [-0.2, 0) is 11.3 Å². The molecule has 1 aromatic rings. The van der Waals surface area contributed by atoms with Crippen molar-refractivity contribution in [2.75, 3.05) is 0 Å². The van der Waals surface area contributed by atoms with E-state index >= 15 is 0 Å². The number of aromatic nitrogens is 1. The van der Waals surface area contributed by atoms with Crippen molar-refractivity contribution in [2.45, 2.75) is 39.3 Å². The fourth-order valence-electron chi connectivity index (χ4n) is 1.46. The molecule has 1 heterocycles. The van der Waals surface area contributed by atoms with Crippen molar-refractivity contribution in [3.63, 3.8) is 0 Å². The summed E-state index contributed by atoms with van der Waals surface area (Å²) >= 11 is 0. The number of pyridine rings is 1. The molecule has 0 aromatic carbocycles. The molecule has 0 aliphatic rings. The first-order valence-electron chi connectivity index (χ1n) is 5.99. The number of carbonyl (C=O) groups excluding carboxylic acids is 1. The first kappa shape index (κ1) is 14.9. The number of amides is 1. The van der Waals surface area contributed by atoms with Crippen LogP contribution >= 0.6 is 0 Å². The fourth-order valence-corrected chi connectivity index (χ4v) is 1.46. The predicted molar refractivity (Wildman–Crippen MR) is 70.2 cm³/mol. The Morgan fingerprint density at radius 3 is 2.58 bits per heavy atom. The monoisotopic (exact) mass is 266 g/mol. The number of hydrogen-bond acceptors (Lipinski definition) is 3. The molecule has 0 saturated carbocycles. The Bertz CT molecular complexity index is 546. The third-order valence-corrected chi connectivity index (χ3v) is 2.90. The zero-order valence-corrected chi connectivity index (χ0v) is 11.3. The normalized spacial score (nSPS) is 11.1. The largest absolute Gasteiger partial charge is 0.477 e. The standard InChI is InChI=1S/C13H18N2O4/c1-4-13(2,3)14-11(17)8-15-6-5-10(16)9(7-15)12(18)19/h5-7H,4,8H2,1-3H3,(H,14,17)(H,18,19). The lowest BCUT2D eigenvalue weighted by Crippen LogP contribution is -2.44. The molecule has 19 heavy (non-hydrogen) atoms. The number of rotatable bonds is 5. The maximum atomic E-state index is 11.8. The van der Waals surface area contributed by atoms with E-state index in [1.54, 1.807) is 0 Å². The minimum Gasteiger partial charge on any atom is -0.477 e. The van der Waals surface area contributed by atoms with Crippen LogP contribution in [0.1, 0.15) is 37.6 Å². The third kappa shape index (κ3) is 4.24. The maximum Gasteiger partial charge on any atom is 0.341 e. The van der Waals surface area contributed by atoms with Gasteiger partial charge in [-0.25, -0.2) is 4.79 Å². The number of hydrogen-bond donors (Lipinski definition) is 2. The van der Waals surface area contributed by atoms with Gasteiger partial charge in [-0.3, -0.25) is 9.59 Å². The predicted octanol–water partition coefficient (Wildman–Crippen LogP) is 0.851. The Labute approximate surface area is 111 Å². The van der Waals surface area contributed by atoms with Crippen LogP contribution in [-0.4, -0.2) is 27.1 Å². The van der Waals surface area contributed by atoms with E-state index in [1.807, 2.05) is 20.8 Å². The number of nitrogens with zero attached hydrogens (tertiary/aromatic N) is 1. The van der Waals surface area contributed by atoms with Crippen LogP contribution in [0.25, 0.3) is 0 Å². The summed E-state index contributed by atoms with van der Waals surface area (Å²) in [7, 11) is 0. The van der Waals surface area contributed by atoms with E-state index in [9.17, 15) is 14.4 Å². The molecule has 0 spiro atoms. The molecule has 1 aromatic heterocycles.